The van der Waals surface area contributed by atoms with Gasteiger partial charge in [-0.3, -0.25) is 0 Å². The van der Waals surface area contributed by atoms with Crippen molar-refractivity contribution in [2.75, 3.05) is 11.1 Å². The normalized spacial score (nSPS) is 10.4. The molecule has 0 aliphatic rings. The van der Waals surface area contributed by atoms with Gasteiger partial charge in [0.25, 0.3) is 0 Å². The van der Waals surface area contributed by atoms with Gasteiger partial charge in [0.05, 0.1) is 10.7 Å². The zero-order valence-corrected chi connectivity index (χ0v) is 10.4. The van der Waals surface area contributed by atoms with Crippen LogP contribution < -0.4 is 11.1 Å². The Bertz CT molecular complexity index is 577. The van der Waals surface area contributed by atoms with Gasteiger partial charge in [0, 0.05) is 17.4 Å². The zero-order chi connectivity index (χ0) is 13.3. The van der Waals surface area contributed by atoms with Crippen LogP contribution in [0.3, 0.4) is 0 Å². The molecule has 18 heavy (non-hydrogen) atoms. The van der Waals surface area contributed by atoms with Crippen LogP contribution in [0.4, 0.5) is 25.8 Å². The molecule has 0 atom stereocenters. The third-order valence-corrected chi connectivity index (χ3v) is 2.82. The number of nitrogen functional groups attached to an aromatic ring is 1. The van der Waals surface area contributed by atoms with Crippen molar-refractivity contribution < 1.29 is 8.78 Å². The van der Waals surface area contributed by atoms with Gasteiger partial charge >= 0.3 is 0 Å². The summed E-state index contributed by atoms with van der Waals surface area (Å²) in [4.78, 5) is 0. The van der Waals surface area contributed by atoms with E-state index in [1.807, 2.05) is 6.92 Å². The lowest BCUT2D eigenvalue weighted by Crippen LogP contribution is -1.98. The highest BCUT2D eigenvalue weighted by atomic mass is 35.5. The van der Waals surface area contributed by atoms with Crippen LogP contribution >= 0.6 is 11.6 Å². The number of rotatable bonds is 2. The topological polar surface area (TPSA) is 38.0 Å². The third kappa shape index (κ3) is 2.54. The minimum atomic E-state index is -0.740. The molecule has 3 N–H and O–H groups in total. The molecule has 0 aliphatic heterocycles. The summed E-state index contributed by atoms with van der Waals surface area (Å²) in [6.07, 6.45) is 0. The van der Waals surface area contributed by atoms with E-state index < -0.39 is 11.6 Å². The van der Waals surface area contributed by atoms with Crippen LogP contribution in [0.2, 0.25) is 5.02 Å². The van der Waals surface area contributed by atoms with Crippen LogP contribution in [0.25, 0.3) is 0 Å². The number of hydrogen-bond acceptors (Lipinski definition) is 2. The monoisotopic (exact) mass is 268 g/mol. The molecule has 0 saturated heterocycles. The van der Waals surface area contributed by atoms with Gasteiger partial charge in [-0.25, -0.2) is 8.78 Å². The molecule has 2 nitrogen and oxygen atoms in total. The predicted octanol–water partition coefficient (Wildman–Crippen LogP) is 4.25. The van der Waals surface area contributed by atoms with E-state index in [1.54, 1.807) is 18.2 Å². The molecule has 0 amide bonds. The smallest absolute Gasteiger partial charge is 0.151 e. The van der Waals surface area contributed by atoms with Gasteiger partial charge in [-0.05, 0) is 36.8 Å². The van der Waals surface area contributed by atoms with E-state index in [4.69, 9.17) is 17.3 Å². The Morgan fingerprint density at radius 2 is 1.89 bits per heavy atom. The highest BCUT2D eigenvalue weighted by Gasteiger charge is 2.11. The van der Waals surface area contributed by atoms with Crippen molar-refractivity contribution >= 4 is 28.7 Å². The first kappa shape index (κ1) is 12.6. The number of hydrogen-bond donors (Lipinski definition) is 2. The van der Waals surface area contributed by atoms with E-state index in [9.17, 15) is 8.78 Å². The molecular weight excluding hydrogens is 258 g/mol. The maximum atomic E-state index is 13.6. The van der Waals surface area contributed by atoms with E-state index in [0.717, 1.165) is 17.7 Å². The van der Waals surface area contributed by atoms with E-state index in [1.165, 1.54) is 0 Å². The number of aryl methyl sites for hydroxylation is 1. The first-order valence-corrected chi connectivity index (χ1v) is 5.63. The average molecular weight is 269 g/mol. The highest BCUT2D eigenvalue weighted by molar-refractivity contribution is 6.33. The molecule has 0 spiro atoms. The summed E-state index contributed by atoms with van der Waals surface area (Å²) in [6, 6.07) is 6.98. The van der Waals surface area contributed by atoms with Crippen LogP contribution in [0.1, 0.15) is 5.56 Å². The largest absolute Gasteiger partial charge is 0.399 e. The number of halogens is 3. The molecule has 0 fully saturated rings. The Morgan fingerprint density at radius 3 is 2.50 bits per heavy atom. The SMILES string of the molecule is Cc1cc(N)ccc1Nc1c(F)cc(F)cc1Cl. The van der Waals surface area contributed by atoms with Crippen LogP contribution in [0.5, 0.6) is 0 Å². The molecule has 0 heterocycles. The fourth-order valence-electron chi connectivity index (χ4n) is 1.62. The summed E-state index contributed by atoms with van der Waals surface area (Å²) in [6.45, 7) is 1.83. The van der Waals surface area contributed by atoms with Crippen molar-refractivity contribution in [1.29, 1.82) is 0 Å². The second kappa shape index (κ2) is 4.82. The minimum absolute atomic E-state index is 0.0104. The van der Waals surface area contributed by atoms with Crippen molar-refractivity contribution in [1.82, 2.24) is 0 Å². The quantitative estimate of drug-likeness (QED) is 0.799. The standard InChI is InChI=1S/C13H11ClF2N2/c1-7-4-9(17)2-3-12(7)18-13-10(14)5-8(15)6-11(13)16/h2-6,18H,17H2,1H3. The van der Waals surface area contributed by atoms with Crippen molar-refractivity contribution in [2.24, 2.45) is 0 Å². The van der Waals surface area contributed by atoms with E-state index in [0.29, 0.717) is 11.4 Å². The van der Waals surface area contributed by atoms with Crippen molar-refractivity contribution in [2.45, 2.75) is 6.92 Å². The van der Waals surface area contributed by atoms with Gasteiger partial charge in [0.2, 0.25) is 0 Å². The summed E-state index contributed by atoms with van der Waals surface area (Å²) >= 11 is 5.80. The van der Waals surface area contributed by atoms with Gasteiger partial charge < -0.3 is 11.1 Å². The van der Waals surface area contributed by atoms with Gasteiger partial charge in [-0.2, -0.15) is 0 Å². The van der Waals surface area contributed by atoms with Crippen molar-refractivity contribution in [3.8, 4) is 0 Å². The molecule has 0 saturated carbocycles. The maximum absolute atomic E-state index is 13.6. The molecule has 0 radical (unpaired) electrons. The summed E-state index contributed by atoms with van der Waals surface area (Å²) < 4.78 is 26.5. The summed E-state index contributed by atoms with van der Waals surface area (Å²) in [5, 5.41) is 2.82. The molecule has 0 unspecified atom stereocenters. The predicted molar refractivity (Wildman–Crippen MR) is 70.2 cm³/mol. The van der Waals surface area contributed by atoms with Crippen LogP contribution in [0.15, 0.2) is 30.3 Å². The van der Waals surface area contributed by atoms with Gasteiger partial charge in [0.15, 0.2) is 5.82 Å². The Labute approximate surface area is 108 Å². The second-order valence-electron chi connectivity index (χ2n) is 3.94. The molecule has 2 rings (SSSR count). The Kier molecular flexibility index (Phi) is 3.39. The second-order valence-corrected chi connectivity index (χ2v) is 4.35. The molecule has 0 bridgehead atoms. The van der Waals surface area contributed by atoms with Crippen LogP contribution in [-0.2, 0) is 0 Å². The maximum Gasteiger partial charge on any atom is 0.151 e. The van der Waals surface area contributed by atoms with Crippen molar-refractivity contribution in [3.05, 3.63) is 52.6 Å². The van der Waals surface area contributed by atoms with Crippen LogP contribution in [0, 0.1) is 18.6 Å². The molecule has 94 valence electrons. The number of anilines is 3. The Hall–Kier alpha value is -1.81. The van der Waals surface area contributed by atoms with E-state index in [-0.39, 0.29) is 10.7 Å². The Balaban J connectivity index is 2.40. The highest BCUT2D eigenvalue weighted by Crippen LogP contribution is 2.31. The molecule has 2 aromatic carbocycles. The van der Waals surface area contributed by atoms with Crippen molar-refractivity contribution in [3.63, 3.8) is 0 Å². The molecular formula is C13H11ClF2N2. The average Bonchev–Trinajstić information content (AvgIpc) is 2.25. The molecule has 5 heteroatoms. The fraction of sp³-hybridized carbons (Fsp3) is 0.0769. The van der Waals surface area contributed by atoms with Gasteiger partial charge in [-0.1, -0.05) is 11.6 Å². The summed E-state index contributed by atoms with van der Waals surface area (Å²) in [7, 11) is 0. The lowest BCUT2D eigenvalue weighted by Gasteiger charge is -2.12. The van der Waals surface area contributed by atoms with E-state index in [2.05, 4.69) is 5.32 Å². The third-order valence-electron chi connectivity index (χ3n) is 2.52. The Morgan fingerprint density at radius 1 is 1.17 bits per heavy atom. The fourth-order valence-corrected chi connectivity index (χ4v) is 1.87. The number of benzene rings is 2. The van der Waals surface area contributed by atoms with Gasteiger partial charge in [-0.15, -0.1) is 0 Å². The minimum Gasteiger partial charge on any atom is -0.399 e. The lowest BCUT2D eigenvalue weighted by atomic mass is 10.1. The summed E-state index contributed by atoms with van der Waals surface area (Å²) in [5.41, 5.74) is 7.79. The molecule has 2 aromatic rings. The number of nitrogens with one attached hydrogen (secondary N) is 1. The molecule has 0 aromatic heterocycles. The first-order valence-electron chi connectivity index (χ1n) is 5.25. The zero-order valence-electron chi connectivity index (χ0n) is 9.60. The van der Waals surface area contributed by atoms with Crippen LogP contribution in [-0.4, -0.2) is 0 Å². The van der Waals surface area contributed by atoms with Gasteiger partial charge in [0.1, 0.15) is 5.82 Å². The summed E-state index contributed by atoms with van der Waals surface area (Å²) in [5.74, 6) is -1.45. The lowest BCUT2D eigenvalue weighted by molar-refractivity contribution is 0.586. The molecule has 0 aliphatic carbocycles. The number of nitrogens with two attached hydrogens (primary N) is 1. The first-order chi connectivity index (χ1) is 8.47. The van der Waals surface area contributed by atoms with E-state index >= 15 is 0 Å².